The molecule has 1 aliphatic rings. The number of rotatable bonds is 8. The predicted molar refractivity (Wildman–Crippen MR) is 128 cm³/mol. The Bertz CT molecular complexity index is 652. The Balaban J connectivity index is 1.74. The molecule has 0 N–H and O–H groups in total. The molecule has 0 bridgehead atoms. The molecule has 3 nitrogen and oxygen atoms in total. The summed E-state index contributed by atoms with van der Waals surface area (Å²) in [5.41, 5.74) is 2.57. The fourth-order valence-electron chi connectivity index (χ4n) is 4.24. The van der Waals surface area contributed by atoms with Crippen molar-refractivity contribution >= 4 is 30.5 Å². The van der Waals surface area contributed by atoms with E-state index in [0.717, 1.165) is 0 Å². The summed E-state index contributed by atoms with van der Waals surface area (Å²) < 4.78 is 0. The van der Waals surface area contributed by atoms with Crippen LogP contribution in [0.2, 0.25) is 6.04 Å². The van der Waals surface area contributed by atoms with E-state index in [1.807, 2.05) is 0 Å². The third-order valence-corrected chi connectivity index (χ3v) is 9.40. The minimum atomic E-state index is -1.19. The summed E-state index contributed by atoms with van der Waals surface area (Å²) in [6.07, 6.45) is 5.52. The standard InChI is InChI=1S/C24H37N3Si/c1-25(2)21-9-13-23(14-10-21)28(20-8-19-27-17-6-5-7-18-27)24-15-11-22(12-16-24)26(3)4/h9-16,28H,5-8,17-20H2,1-4H3. The first kappa shape index (κ1) is 20.9. The van der Waals surface area contributed by atoms with Gasteiger partial charge in [-0.25, -0.2) is 0 Å². The first-order chi connectivity index (χ1) is 13.5. The molecule has 1 heterocycles. The van der Waals surface area contributed by atoms with Crippen molar-refractivity contribution in [1.29, 1.82) is 0 Å². The van der Waals surface area contributed by atoms with Gasteiger partial charge in [-0.2, -0.15) is 0 Å². The zero-order valence-corrected chi connectivity index (χ0v) is 19.3. The second-order valence-electron chi connectivity index (χ2n) is 8.57. The number of hydrogen-bond donors (Lipinski definition) is 0. The molecule has 1 aliphatic heterocycles. The Labute approximate surface area is 173 Å². The molecule has 2 aromatic carbocycles. The van der Waals surface area contributed by atoms with E-state index in [4.69, 9.17) is 0 Å². The van der Waals surface area contributed by atoms with Crippen molar-refractivity contribution in [2.24, 2.45) is 0 Å². The summed E-state index contributed by atoms with van der Waals surface area (Å²) in [5.74, 6) is 0. The van der Waals surface area contributed by atoms with E-state index in [9.17, 15) is 0 Å². The summed E-state index contributed by atoms with van der Waals surface area (Å²) in [5, 5.41) is 3.14. The number of anilines is 2. The number of likely N-dealkylation sites (tertiary alicyclic amines) is 1. The molecule has 0 saturated carbocycles. The second kappa shape index (κ2) is 10.1. The van der Waals surface area contributed by atoms with Crippen molar-refractivity contribution in [3.63, 3.8) is 0 Å². The highest BCUT2D eigenvalue weighted by Gasteiger charge is 2.18. The summed E-state index contributed by atoms with van der Waals surface area (Å²) >= 11 is 0. The second-order valence-corrected chi connectivity index (χ2v) is 11.6. The minimum Gasteiger partial charge on any atom is -0.378 e. The van der Waals surface area contributed by atoms with Crippen LogP contribution in [0, 0.1) is 0 Å². The Morgan fingerprint density at radius 1 is 0.714 bits per heavy atom. The van der Waals surface area contributed by atoms with Crippen LogP contribution in [-0.4, -0.2) is 61.5 Å². The average molecular weight is 396 g/mol. The third-order valence-electron chi connectivity index (χ3n) is 6.04. The zero-order valence-electron chi connectivity index (χ0n) is 18.2. The molecule has 0 spiro atoms. The fourth-order valence-corrected chi connectivity index (χ4v) is 7.19. The summed E-state index contributed by atoms with van der Waals surface area (Å²) in [4.78, 5) is 7.05. The third kappa shape index (κ3) is 5.61. The van der Waals surface area contributed by atoms with E-state index in [1.165, 1.54) is 62.7 Å². The molecule has 1 saturated heterocycles. The van der Waals surface area contributed by atoms with Crippen LogP contribution in [0.3, 0.4) is 0 Å². The average Bonchev–Trinajstić information content (AvgIpc) is 2.72. The smallest absolute Gasteiger partial charge is 0.103 e. The number of nitrogens with zero attached hydrogens (tertiary/aromatic N) is 3. The maximum Gasteiger partial charge on any atom is 0.103 e. The maximum absolute atomic E-state index is 2.68. The molecule has 28 heavy (non-hydrogen) atoms. The molecule has 3 rings (SSSR count). The van der Waals surface area contributed by atoms with E-state index >= 15 is 0 Å². The lowest BCUT2D eigenvalue weighted by molar-refractivity contribution is 0.229. The van der Waals surface area contributed by atoms with Crippen molar-refractivity contribution < 1.29 is 0 Å². The van der Waals surface area contributed by atoms with E-state index in [0.29, 0.717) is 0 Å². The number of piperidine rings is 1. The van der Waals surface area contributed by atoms with Gasteiger partial charge in [0.05, 0.1) is 0 Å². The molecule has 0 atom stereocenters. The zero-order chi connectivity index (χ0) is 19.9. The number of benzene rings is 2. The summed E-state index contributed by atoms with van der Waals surface area (Å²) in [6, 6.07) is 20.0. The van der Waals surface area contributed by atoms with Crippen LogP contribution in [0.5, 0.6) is 0 Å². The fraction of sp³-hybridized carbons (Fsp3) is 0.500. The van der Waals surface area contributed by atoms with E-state index in [1.54, 1.807) is 10.4 Å². The van der Waals surface area contributed by atoms with Crippen LogP contribution in [0.1, 0.15) is 25.7 Å². The van der Waals surface area contributed by atoms with Gasteiger partial charge in [0.2, 0.25) is 0 Å². The lowest BCUT2D eigenvalue weighted by Crippen LogP contribution is -2.42. The molecule has 0 radical (unpaired) electrons. The Morgan fingerprint density at radius 3 is 1.61 bits per heavy atom. The van der Waals surface area contributed by atoms with Crippen molar-refractivity contribution in [3.05, 3.63) is 48.5 Å². The van der Waals surface area contributed by atoms with Gasteiger partial charge in [-0.3, -0.25) is 0 Å². The quantitative estimate of drug-likeness (QED) is 0.636. The first-order valence-corrected chi connectivity index (χ1v) is 12.8. The lowest BCUT2D eigenvalue weighted by Gasteiger charge is -2.27. The van der Waals surface area contributed by atoms with Gasteiger partial charge >= 0.3 is 0 Å². The Kier molecular flexibility index (Phi) is 7.57. The van der Waals surface area contributed by atoms with Gasteiger partial charge in [0.25, 0.3) is 0 Å². The first-order valence-electron chi connectivity index (χ1n) is 10.8. The van der Waals surface area contributed by atoms with Crippen LogP contribution in [-0.2, 0) is 0 Å². The van der Waals surface area contributed by atoms with Crippen LogP contribution in [0.15, 0.2) is 48.5 Å². The maximum atomic E-state index is 2.68. The van der Waals surface area contributed by atoms with Crippen molar-refractivity contribution in [3.8, 4) is 0 Å². The molecule has 0 unspecified atom stereocenters. The van der Waals surface area contributed by atoms with Gasteiger partial charge in [-0.05, 0) is 63.2 Å². The Morgan fingerprint density at radius 2 is 1.18 bits per heavy atom. The molecular weight excluding hydrogens is 358 g/mol. The van der Waals surface area contributed by atoms with Gasteiger partial charge in [0.1, 0.15) is 8.80 Å². The lowest BCUT2D eigenvalue weighted by atomic mass is 10.1. The highest BCUT2D eigenvalue weighted by molar-refractivity contribution is 6.85. The molecule has 1 fully saturated rings. The highest BCUT2D eigenvalue weighted by atomic mass is 28.3. The van der Waals surface area contributed by atoms with Gasteiger partial charge in [0.15, 0.2) is 0 Å². The molecule has 0 amide bonds. The van der Waals surface area contributed by atoms with Crippen LogP contribution >= 0.6 is 0 Å². The predicted octanol–water partition coefficient (Wildman–Crippen LogP) is 3.04. The van der Waals surface area contributed by atoms with Gasteiger partial charge in [0, 0.05) is 39.6 Å². The van der Waals surface area contributed by atoms with Crippen molar-refractivity contribution in [1.82, 2.24) is 4.90 Å². The minimum absolute atomic E-state index is 1.19. The normalized spacial score (nSPS) is 15.0. The highest BCUT2D eigenvalue weighted by Crippen LogP contribution is 2.14. The number of hydrogen-bond acceptors (Lipinski definition) is 3. The molecular formula is C24H37N3Si. The van der Waals surface area contributed by atoms with Crippen molar-refractivity contribution in [2.75, 3.05) is 57.6 Å². The Hall–Kier alpha value is -1.78. The largest absolute Gasteiger partial charge is 0.378 e. The van der Waals surface area contributed by atoms with E-state index < -0.39 is 8.80 Å². The topological polar surface area (TPSA) is 9.72 Å². The molecule has 0 aliphatic carbocycles. The molecule has 152 valence electrons. The van der Waals surface area contributed by atoms with Crippen LogP contribution < -0.4 is 20.2 Å². The molecule has 0 aromatic heterocycles. The van der Waals surface area contributed by atoms with Crippen molar-refractivity contribution in [2.45, 2.75) is 31.7 Å². The van der Waals surface area contributed by atoms with Crippen LogP contribution in [0.4, 0.5) is 11.4 Å². The monoisotopic (exact) mass is 395 g/mol. The van der Waals surface area contributed by atoms with Gasteiger partial charge in [-0.1, -0.05) is 47.1 Å². The van der Waals surface area contributed by atoms with E-state index in [-0.39, 0.29) is 0 Å². The van der Waals surface area contributed by atoms with E-state index in [2.05, 4.69) is 91.4 Å². The van der Waals surface area contributed by atoms with Crippen LogP contribution in [0.25, 0.3) is 0 Å². The molecule has 4 heteroatoms. The summed E-state index contributed by atoms with van der Waals surface area (Å²) in [6.45, 7) is 3.89. The summed E-state index contributed by atoms with van der Waals surface area (Å²) in [7, 11) is 7.26. The van der Waals surface area contributed by atoms with Gasteiger partial charge in [-0.15, -0.1) is 0 Å². The van der Waals surface area contributed by atoms with Gasteiger partial charge < -0.3 is 14.7 Å². The SMILES string of the molecule is CN(C)c1ccc([SiH](CCCN2CCCCC2)c2ccc(N(C)C)cc2)cc1. The molecule has 2 aromatic rings.